The Bertz CT molecular complexity index is 336. The van der Waals surface area contributed by atoms with Crippen molar-refractivity contribution in [1.82, 2.24) is 5.43 Å². The summed E-state index contributed by atoms with van der Waals surface area (Å²) in [6, 6.07) is 11.1. The van der Waals surface area contributed by atoms with Gasteiger partial charge in [-0.2, -0.15) is 0 Å². The van der Waals surface area contributed by atoms with Crippen molar-refractivity contribution >= 4 is 0 Å². The maximum Gasteiger partial charge on any atom is 0.0281 e. The zero-order valence-corrected chi connectivity index (χ0v) is 11.4. The molecule has 0 heterocycles. The zero-order valence-electron chi connectivity index (χ0n) is 11.4. The molecule has 0 saturated heterocycles. The molecule has 3 atom stereocenters. The molecule has 0 aliphatic heterocycles. The van der Waals surface area contributed by atoms with Crippen molar-refractivity contribution in [2.75, 3.05) is 0 Å². The average molecular weight is 246 g/mol. The largest absolute Gasteiger partial charge is 0.271 e. The number of rotatable bonds is 5. The Kier molecular flexibility index (Phi) is 5.21. The van der Waals surface area contributed by atoms with Crippen LogP contribution in [-0.2, 0) is 6.42 Å². The van der Waals surface area contributed by atoms with Crippen LogP contribution in [-0.4, -0.2) is 6.04 Å². The van der Waals surface area contributed by atoms with Gasteiger partial charge in [-0.3, -0.25) is 11.3 Å². The Morgan fingerprint density at radius 2 is 1.94 bits per heavy atom. The molecule has 1 saturated carbocycles. The summed E-state index contributed by atoms with van der Waals surface area (Å²) in [7, 11) is 0. The molecule has 3 unspecified atom stereocenters. The first-order valence-electron chi connectivity index (χ1n) is 7.35. The van der Waals surface area contributed by atoms with Crippen molar-refractivity contribution in [2.24, 2.45) is 17.7 Å². The predicted octanol–water partition coefficient (Wildman–Crippen LogP) is 3.28. The SMILES string of the molecule is CCC1CCCCC1C(Cc1ccccc1)NN. The van der Waals surface area contributed by atoms with Gasteiger partial charge in [0.25, 0.3) is 0 Å². The summed E-state index contributed by atoms with van der Waals surface area (Å²) in [6.07, 6.45) is 7.83. The smallest absolute Gasteiger partial charge is 0.0281 e. The predicted molar refractivity (Wildman–Crippen MR) is 77.0 cm³/mol. The molecular weight excluding hydrogens is 220 g/mol. The molecule has 18 heavy (non-hydrogen) atoms. The van der Waals surface area contributed by atoms with E-state index in [-0.39, 0.29) is 0 Å². The summed E-state index contributed by atoms with van der Waals surface area (Å²) in [5.41, 5.74) is 4.47. The fraction of sp³-hybridized carbons (Fsp3) is 0.625. The lowest BCUT2D eigenvalue weighted by Crippen LogP contribution is -2.46. The molecule has 2 nitrogen and oxygen atoms in total. The van der Waals surface area contributed by atoms with Gasteiger partial charge in [0.15, 0.2) is 0 Å². The van der Waals surface area contributed by atoms with Gasteiger partial charge in [-0.15, -0.1) is 0 Å². The Morgan fingerprint density at radius 1 is 1.22 bits per heavy atom. The molecular formula is C16H26N2. The second kappa shape index (κ2) is 6.91. The van der Waals surface area contributed by atoms with Crippen LogP contribution in [0, 0.1) is 11.8 Å². The number of hydrogen-bond acceptors (Lipinski definition) is 2. The monoisotopic (exact) mass is 246 g/mol. The third-order valence-electron chi connectivity index (χ3n) is 4.52. The quantitative estimate of drug-likeness (QED) is 0.618. The zero-order chi connectivity index (χ0) is 12.8. The highest BCUT2D eigenvalue weighted by Crippen LogP contribution is 2.35. The molecule has 0 spiro atoms. The lowest BCUT2D eigenvalue weighted by Gasteiger charge is -2.36. The number of hydrazine groups is 1. The molecule has 0 radical (unpaired) electrons. The van der Waals surface area contributed by atoms with Crippen LogP contribution in [0.2, 0.25) is 0 Å². The number of nitrogens with two attached hydrogens (primary N) is 1. The van der Waals surface area contributed by atoms with E-state index in [2.05, 4.69) is 42.7 Å². The molecule has 0 amide bonds. The van der Waals surface area contributed by atoms with Crippen LogP contribution >= 0.6 is 0 Å². The lowest BCUT2D eigenvalue weighted by molar-refractivity contribution is 0.174. The normalized spacial score (nSPS) is 25.9. The number of nitrogens with one attached hydrogen (secondary N) is 1. The van der Waals surface area contributed by atoms with Crippen molar-refractivity contribution in [3.8, 4) is 0 Å². The van der Waals surface area contributed by atoms with E-state index in [9.17, 15) is 0 Å². The highest BCUT2D eigenvalue weighted by atomic mass is 15.2. The van der Waals surface area contributed by atoms with Crippen LogP contribution in [0.4, 0.5) is 0 Å². The average Bonchev–Trinajstić information content (AvgIpc) is 2.46. The van der Waals surface area contributed by atoms with Crippen LogP contribution in [0.1, 0.15) is 44.6 Å². The van der Waals surface area contributed by atoms with E-state index < -0.39 is 0 Å². The topological polar surface area (TPSA) is 38.0 Å². The molecule has 1 aliphatic rings. The summed E-state index contributed by atoms with van der Waals surface area (Å²) >= 11 is 0. The van der Waals surface area contributed by atoms with Crippen LogP contribution in [0.15, 0.2) is 30.3 Å². The first kappa shape index (κ1) is 13.6. The minimum atomic E-state index is 0.428. The lowest BCUT2D eigenvalue weighted by atomic mass is 9.73. The maximum absolute atomic E-state index is 5.82. The van der Waals surface area contributed by atoms with E-state index in [1.165, 1.54) is 37.7 Å². The third kappa shape index (κ3) is 3.33. The van der Waals surface area contributed by atoms with Gasteiger partial charge in [0.05, 0.1) is 0 Å². The molecule has 1 aliphatic carbocycles. The molecule has 100 valence electrons. The van der Waals surface area contributed by atoms with Gasteiger partial charge >= 0.3 is 0 Å². The third-order valence-corrected chi connectivity index (χ3v) is 4.52. The summed E-state index contributed by atoms with van der Waals surface area (Å²) in [5.74, 6) is 7.41. The first-order valence-corrected chi connectivity index (χ1v) is 7.35. The van der Waals surface area contributed by atoms with Crippen molar-refractivity contribution in [1.29, 1.82) is 0 Å². The number of benzene rings is 1. The minimum Gasteiger partial charge on any atom is -0.271 e. The first-order chi connectivity index (χ1) is 8.85. The summed E-state index contributed by atoms with van der Waals surface area (Å²) in [5, 5.41) is 0. The van der Waals surface area contributed by atoms with Crippen LogP contribution in [0.3, 0.4) is 0 Å². The summed E-state index contributed by atoms with van der Waals surface area (Å²) in [4.78, 5) is 0. The Labute approximate surface area is 111 Å². The van der Waals surface area contributed by atoms with Gasteiger partial charge < -0.3 is 0 Å². The molecule has 0 bridgehead atoms. The standard InChI is InChI=1S/C16H26N2/c1-2-14-10-6-7-11-15(14)16(18-17)12-13-8-4-3-5-9-13/h3-5,8-9,14-16,18H,2,6-7,10-12,17H2,1H3. The second-order valence-corrected chi connectivity index (χ2v) is 5.58. The fourth-order valence-corrected chi connectivity index (χ4v) is 3.47. The van der Waals surface area contributed by atoms with Crippen molar-refractivity contribution < 1.29 is 0 Å². The van der Waals surface area contributed by atoms with Gasteiger partial charge in [-0.25, -0.2) is 0 Å². The molecule has 1 aromatic rings. The van der Waals surface area contributed by atoms with Crippen molar-refractivity contribution in [2.45, 2.75) is 51.5 Å². The molecule has 3 N–H and O–H groups in total. The van der Waals surface area contributed by atoms with E-state index in [1.807, 2.05) is 0 Å². The molecule has 2 heteroatoms. The summed E-state index contributed by atoms with van der Waals surface area (Å²) in [6.45, 7) is 2.32. The van der Waals surface area contributed by atoms with E-state index in [0.29, 0.717) is 6.04 Å². The van der Waals surface area contributed by atoms with E-state index in [1.54, 1.807) is 0 Å². The minimum absolute atomic E-state index is 0.428. The van der Waals surface area contributed by atoms with Gasteiger partial charge in [0.2, 0.25) is 0 Å². The second-order valence-electron chi connectivity index (χ2n) is 5.58. The van der Waals surface area contributed by atoms with E-state index in [4.69, 9.17) is 5.84 Å². The Balaban J connectivity index is 2.03. The van der Waals surface area contributed by atoms with E-state index >= 15 is 0 Å². The van der Waals surface area contributed by atoms with Gasteiger partial charge in [0.1, 0.15) is 0 Å². The van der Waals surface area contributed by atoms with Crippen LogP contribution in [0.25, 0.3) is 0 Å². The number of hydrogen-bond donors (Lipinski definition) is 2. The molecule has 0 aromatic heterocycles. The highest BCUT2D eigenvalue weighted by Gasteiger charge is 2.30. The van der Waals surface area contributed by atoms with Gasteiger partial charge in [-0.05, 0) is 30.2 Å². The van der Waals surface area contributed by atoms with Crippen molar-refractivity contribution in [3.63, 3.8) is 0 Å². The molecule has 2 rings (SSSR count). The summed E-state index contributed by atoms with van der Waals surface area (Å²) < 4.78 is 0. The van der Waals surface area contributed by atoms with Gasteiger partial charge in [-0.1, -0.05) is 62.9 Å². The van der Waals surface area contributed by atoms with Gasteiger partial charge in [0, 0.05) is 6.04 Å². The highest BCUT2D eigenvalue weighted by molar-refractivity contribution is 5.16. The van der Waals surface area contributed by atoms with Crippen LogP contribution in [0.5, 0.6) is 0 Å². The molecule has 1 fully saturated rings. The maximum atomic E-state index is 5.82. The Morgan fingerprint density at radius 3 is 2.61 bits per heavy atom. The van der Waals surface area contributed by atoms with E-state index in [0.717, 1.165) is 18.3 Å². The molecule has 1 aromatic carbocycles. The Hall–Kier alpha value is -0.860. The van der Waals surface area contributed by atoms with Crippen molar-refractivity contribution in [3.05, 3.63) is 35.9 Å². The van der Waals surface area contributed by atoms with Crippen LogP contribution < -0.4 is 11.3 Å². The fourth-order valence-electron chi connectivity index (χ4n) is 3.47.